The number of allylic oxidation sites excluding steroid dienone is 16. The molecule has 0 aromatic carbocycles. The maximum atomic E-state index is 12.8. The van der Waals surface area contributed by atoms with Crippen LogP contribution >= 0.6 is 7.82 Å². The molecule has 0 heterocycles. The van der Waals surface area contributed by atoms with Crippen LogP contribution < -0.4 is 5.73 Å². The van der Waals surface area contributed by atoms with Gasteiger partial charge in [-0.15, -0.1) is 0 Å². The van der Waals surface area contributed by atoms with Crippen LogP contribution in [0.1, 0.15) is 361 Å². The maximum Gasteiger partial charge on any atom is 0.472 e. The third kappa shape index (κ3) is 73.9. The second-order valence-corrected chi connectivity index (χ2v) is 26.6. The van der Waals surface area contributed by atoms with Gasteiger partial charge in [0.15, 0.2) is 6.10 Å². The van der Waals surface area contributed by atoms with Gasteiger partial charge in [-0.2, -0.15) is 0 Å². The number of phosphoric ester groups is 1. The fraction of sp³-hybridized carbons (Fsp3) is 0.772. The number of hydrogen-bond donors (Lipinski definition) is 2. The molecule has 0 rings (SSSR count). The maximum absolute atomic E-state index is 12.8. The molecule has 0 fully saturated rings. The summed E-state index contributed by atoms with van der Waals surface area (Å²) in [5.41, 5.74) is 5.40. The summed E-state index contributed by atoms with van der Waals surface area (Å²) in [5, 5.41) is 0. The van der Waals surface area contributed by atoms with Gasteiger partial charge in [0.1, 0.15) is 6.61 Å². The van der Waals surface area contributed by atoms with Crippen molar-refractivity contribution in [1.29, 1.82) is 0 Å². The van der Waals surface area contributed by atoms with Gasteiger partial charge in [0.2, 0.25) is 0 Å². The largest absolute Gasteiger partial charge is 0.472 e. The Balaban J connectivity index is 3.81. The monoisotopic (exact) mass is 1260 g/mol. The van der Waals surface area contributed by atoms with Gasteiger partial charge < -0.3 is 20.1 Å². The van der Waals surface area contributed by atoms with Crippen molar-refractivity contribution >= 4 is 19.8 Å². The molecule has 0 saturated carbocycles. The van der Waals surface area contributed by atoms with E-state index in [-0.39, 0.29) is 38.6 Å². The second-order valence-electron chi connectivity index (χ2n) is 25.1. The Kier molecular flexibility index (Phi) is 71.4. The molecular formula is C79H142NO8P. The molecule has 0 aromatic rings. The van der Waals surface area contributed by atoms with Crippen LogP contribution in [0.4, 0.5) is 0 Å². The molecule has 0 saturated heterocycles. The van der Waals surface area contributed by atoms with Crippen molar-refractivity contribution < 1.29 is 37.6 Å². The number of phosphoric acid groups is 1. The first-order valence-corrected chi connectivity index (χ1v) is 39.2. The van der Waals surface area contributed by atoms with Crippen LogP contribution in [0.2, 0.25) is 0 Å². The molecule has 0 aliphatic rings. The lowest BCUT2D eigenvalue weighted by Gasteiger charge is -2.19. The molecule has 9 nitrogen and oxygen atoms in total. The molecule has 0 spiro atoms. The van der Waals surface area contributed by atoms with E-state index in [1.54, 1.807) is 0 Å². The van der Waals surface area contributed by atoms with Crippen LogP contribution in [-0.2, 0) is 32.7 Å². The third-order valence-electron chi connectivity index (χ3n) is 16.5. The zero-order valence-electron chi connectivity index (χ0n) is 58.2. The van der Waals surface area contributed by atoms with Crippen LogP contribution in [-0.4, -0.2) is 49.3 Å². The number of unbranched alkanes of at least 4 members (excludes halogenated alkanes) is 42. The topological polar surface area (TPSA) is 134 Å². The van der Waals surface area contributed by atoms with Gasteiger partial charge in [0.25, 0.3) is 0 Å². The summed E-state index contributed by atoms with van der Waals surface area (Å²) in [5.74, 6) is -0.842. The summed E-state index contributed by atoms with van der Waals surface area (Å²) in [7, 11) is -4.41. The molecule has 0 aromatic heterocycles. The fourth-order valence-electron chi connectivity index (χ4n) is 10.9. The number of nitrogens with two attached hydrogens (primary N) is 1. The fourth-order valence-corrected chi connectivity index (χ4v) is 11.7. The van der Waals surface area contributed by atoms with E-state index in [0.717, 1.165) is 96.3 Å². The molecule has 89 heavy (non-hydrogen) atoms. The number of esters is 2. The minimum Gasteiger partial charge on any atom is -0.462 e. The quantitative estimate of drug-likeness (QED) is 0.0264. The first kappa shape index (κ1) is 85.9. The first-order chi connectivity index (χ1) is 43.8. The van der Waals surface area contributed by atoms with E-state index in [1.165, 1.54) is 231 Å². The number of carbonyl (C=O) groups is 2. The van der Waals surface area contributed by atoms with E-state index in [2.05, 4.69) is 111 Å². The molecule has 0 aliphatic carbocycles. The highest BCUT2D eigenvalue weighted by atomic mass is 31.2. The number of rotatable bonds is 71. The molecule has 0 radical (unpaired) electrons. The Morgan fingerprint density at radius 3 is 0.933 bits per heavy atom. The Hall–Kier alpha value is -3.07. The van der Waals surface area contributed by atoms with Gasteiger partial charge in [-0.05, 0) is 96.3 Å². The zero-order chi connectivity index (χ0) is 64.4. The average Bonchev–Trinajstić information content (AvgIpc) is 3.64. The molecule has 2 atom stereocenters. The number of hydrogen-bond acceptors (Lipinski definition) is 8. The van der Waals surface area contributed by atoms with Crippen LogP contribution in [0, 0.1) is 0 Å². The summed E-state index contributed by atoms with van der Waals surface area (Å²) in [6.07, 6.45) is 101. The van der Waals surface area contributed by atoms with Crippen LogP contribution in [0.15, 0.2) is 97.2 Å². The zero-order valence-corrected chi connectivity index (χ0v) is 59.1. The lowest BCUT2D eigenvalue weighted by Crippen LogP contribution is -2.29. The molecule has 516 valence electrons. The minimum absolute atomic E-state index is 0.0466. The van der Waals surface area contributed by atoms with Crippen molar-refractivity contribution in [2.75, 3.05) is 26.4 Å². The van der Waals surface area contributed by atoms with Crippen molar-refractivity contribution in [3.8, 4) is 0 Å². The molecular weight excluding hydrogens is 1120 g/mol. The van der Waals surface area contributed by atoms with Gasteiger partial charge in [-0.3, -0.25) is 18.6 Å². The smallest absolute Gasteiger partial charge is 0.462 e. The standard InChI is InChI=1S/C79H142NO8P/c1-3-5-7-9-11-13-15-17-19-21-23-25-27-29-31-32-33-34-35-36-37-38-39-40-41-42-43-44-46-47-49-51-53-55-57-59-61-63-65-67-69-71-78(81)85-75-77(76-87-89(83,84)86-74-73-80)88-79(82)72-70-68-66-64-62-60-58-56-54-52-50-48-45-30-28-26-24-22-20-18-16-14-12-10-8-6-4-2/h6,8,12,14,18,20-21,23-24,26,30,45,50,52,56,58,77H,3-5,7,9-11,13,15-17,19,22,25,27-29,31-44,46-49,51,53-55,57,59-76,80H2,1-2H3,(H,83,84)/b8-6-,14-12-,20-18-,23-21-,26-24-,45-30-,52-50-,58-56-. The summed E-state index contributed by atoms with van der Waals surface area (Å²) in [4.78, 5) is 35.4. The Morgan fingerprint density at radius 1 is 0.348 bits per heavy atom. The first-order valence-electron chi connectivity index (χ1n) is 37.7. The average molecular weight is 1260 g/mol. The normalized spacial score (nSPS) is 13.4. The number of carbonyl (C=O) groups excluding carboxylic acids is 2. The van der Waals surface area contributed by atoms with Gasteiger partial charge in [0.05, 0.1) is 13.2 Å². The van der Waals surface area contributed by atoms with Crippen molar-refractivity contribution in [2.45, 2.75) is 367 Å². The minimum atomic E-state index is -4.41. The third-order valence-corrected chi connectivity index (χ3v) is 17.4. The predicted molar refractivity (Wildman–Crippen MR) is 385 cm³/mol. The van der Waals surface area contributed by atoms with Crippen molar-refractivity contribution in [1.82, 2.24) is 0 Å². The van der Waals surface area contributed by atoms with E-state index >= 15 is 0 Å². The highest BCUT2D eigenvalue weighted by Crippen LogP contribution is 2.43. The summed E-state index contributed by atoms with van der Waals surface area (Å²) < 4.78 is 33.2. The SMILES string of the molecule is CC/C=C\C/C=C\C/C=C\C/C=C\C/C=C\C/C=C\C/C=C\CCCCCCCC(=O)OC(COC(=O)CCCCCCCCCCCCCCCCCCCCCCCCCCCCCCC/C=C\CCCCCCCCCC)COP(=O)(O)OCCN. The molecule has 0 aliphatic heterocycles. The van der Waals surface area contributed by atoms with Gasteiger partial charge in [-0.1, -0.05) is 349 Å². The molecule has 10 heteroatoms. The Bertz CT molecular complexity index is 1780. The molecule has 3 N–H and O–H groups in total. The summed E-state index contributed by atoms with van der Waals surface area (Å²) in [6, 6.07) is 0. The van der Waals surface area contributed by atoms with E-state index in [9.17, 15) is 19.0 Å². The molecule has 0 bridgehead atoms. The lowest BCUT2D eigenvalue weighted by molar-refractivity contribution is -0.161. The van der Waals surface area contributed by atoms with Crippen molar-refractivity contribution in [2.24, 2.45) is 5.73 Å². The van der Waals surface area contributed by atoms with Crippen LogP contribution in [0.5, 0.6) is 0 Å². The Morgan fingerprint density at radius 2 is 0.618 bits per heavy atom. The second kappa shape index (κ2) is 74.0. The van der Waals surface area contributed by atoms with E-state index in [1.807, 2.05) is 0 Å². The van der Waals surface area contributed by atoms with Gasteiger partial charge in [0, 0.05) is 19.4 Å². The molecule has 0 amide bonds. The van der Waals surface area contributed by atoms with E-state index < -0.39 is 26.5 Å². The lowest BCUT2D eigenvalue weighted by atomic mass is 10.0. The van der Waals surface area contributed by atoms with Gasteiger partial charge >= 0.3 is 19.8 Å². The summed E-state index contributed by atoms with van der Waals surface area (Å²) in [6.45, 7) is 3.64. The van der Waals surface area contributed by atoms with Crippen molar-refractivity contribution in [3.05, 3.63) is 97.2 Å². The van der Waals surface area contributed by atoms with Crippen LogP contribution in [0.25, 0.3) is 0 Å². The van der Waals surface area contributed by atoms with Crippen LogP contribution in [0.3, 0.4) is 0 Å². The predicted octanol–water partition coefficient (Wildman–Crippen LogP) is 25.1. The summed E-state index contributed by atoms with van der Waals surface area (Å²) >= 11 is 0. The number of ether oxygens (including phenoxy) is 2. The molecule has 2 unspecified atom stereocenters. The van der Waals surface area contributed by atoms with E-state index in [4.69, 9.17) is 24.3 Å². The Labute approximate surface area is 550 Å². The van der Waals surface area contributed by atoms with Crippen molar-refractivity contribution in [3.63, 3.8) is 0 Å². The van der Waals surface area contributed by atoms with Gasteiger partial charge in [-0.25, -0.2) is 4.57 Å². The van der Waals surface area contributed by atoms with E-state index in [0.29, 0.717) is 6.42 Å². The highest BCUT2D eigenvalue weighted by Gasteiger charge is 2.26. The highest BCUT2D eigenvalue weighted by molar-refractivity contribution is 7.47.